The Kier molecular flexibility index (Phi) is 6.06. The number of para-hydroxylation sites is 1. The van der Waals surface area contributed by atoms with Gasteiger partial charge in [-0.3, -0.25) is 14.9 Å². The molecule has 7 nitrogen and oxygen atoms in total. The van der Waals surface area contributed by atoms with Gasteiger partial charge in [0.05, 0.1) is 11.1 Å². The molecule has 136 valence electrons. The third-order valence-corrected chi connectivity index (χ3v) is 3.54. The number of carbonyl (C=O) groups excluding carboxylic acids is 1. The van der Waals surface area contributed by atoms with E-state index in [0.29, 0.717) is 11.3 Å². The molecule has 0 aliphatic carbocycles. The molecular weight excluding hydrogens is 334 g/mol. The molecule has 0 unspecified atom stereocenters. The van der Waals surface area contributed by atoms with E-state index in [1.165, 1.54) is 18.3 Å². The van der Waals surface area contributed by atoms with Gasteiger partial charge in [-0.2, -0.15) is 5.10 Å². The molecule has 2 aromatic carbocycles. The van der Waals surface area contributed by atoms with Gasteiger partial charge in [-0.1, -0.05) is 51.1 Å². The van der Waals surface area contributed by atoms with Gasteiger partial charge in [-0.25, -0.2) is 5.43 Å². The van der Waals surface area contributed by atoms with Gasteiger partial charge < -0.3 is 4.74 Å². The molecule has 0 radical (unpaired) electrons. The number of ether oxygens (including phenoxy) is 1. The van der Waals surface area contributed by atoms with Gasteiger partial charge in [0, 0.05) is 17.7 Å². The van der Waals surface area contributed by atoms with Crippen LogP contribution in [0.25, 0.3) is 0 Å². The van der Waals surface area contributed by atoms with Crippen LogP contribution in [0.1, 0.15) is 31.9 Å². The lowest BCUT2D eigenvalue weighted by Gasteiger charge is -2.22. The van der Waals surface area contributed by atoms with Crippen LogP contribution in [0.5, 0.6) is 5.75 Å². The van der Waals surface area contributed by atoms with Crippen LogP contribution >= 0.6 is 0 Å². The normalized spacial score (nSPS) is 11.3. The third kappa shape index (κ3) is 5.41. The van der Waals surface area contributed by atoms with E-state index in [0.717, 1.165) is 5.56 Å². The second kappa shape index (κ2) is 8.24. The van der Waals surface area contributed by atoms with Crippen molar-refractivity contribution in [1.29, 1.82) is 0 Å². The van der Waals surface area contributed by atoms with Gasteiger partial charge in [0.25, 0.3) is 11.6 Å². The topological polar surface area (TPSA) is 93.8 Å². The minimum absolute atomic E-state index is 0.0394. The second-order valence-electron chi connectivity index (χ2n) is 6.68. The molecule has 0 aliphatic heterocycles. The lowest BCUT2D eigenvalue weighted by atomic mass is 9.86. The van der Waals surface area contributed by atoms with E-state index in [-0.39, 0.29) is 17.7 Å². The molecule has 0 fully saturated rings. The first-order valence-electron chi connectivity index (χ1n) is 8.06. The van der Waals surface area contributed by atoms with E-state index in [1.54, 1.807) is 12.1 Å². The smallest absolute Gasteiger partial charge is 0.277 e. The standard InChI is InChI=1S/C19H21N3O4/c1-19(2,3)16-9-4-5-10-17(16)26-13-18(23)21-20-12-14-7-6-8-15(11-14)22(24)25/h4-12H,13H2,1-3H3,(H,21,23). The highest BCUT2D eigenvalue weighted by Crippen LogP contribution is 2.30. The van der Waals surface area contributed by atoms with Crippen molar-refractivity contribution in [1.82, 2.24) is 5.43 Å². The van der Waals surface area contributed by atoms with Gasteiger partial charge in [-0.05, 0) is 17.0 Å². The van der Waals surface area contributed by atoms with Crippen LogP contribution in [0.3, 0.4) is 0 Å². The van der Waals surface area contributed by atoms with Crippen LogP contribution in [-0.4, -0.2) is 23.7 Å². The summed E-state index contributed by atoms with van der Waals surface area (Å²) in [5.41, 5.74) is 3.72. The molecule has 2 rings (SSSR count). The fourth-order valence-corrected chi connectivity index (χ4v) is 2.29. The van der Waals surface area contributed by atoms with Gasteiger partial charge >= 0.3 is 0 Å². The van der Waals surface area contributed by atoms with Gasteiger partial charge in [0.2, 0.25) is 0 Å². The maximum Gasteiger partial charge on any atom is 0.277 e. The Morgan fingerprint density at radius 1 is 1.23 bits per heavy atom. The summed E-state index contributed by atoms with van der Waals surface area (Å²) in [5.74, 6) is 0.230. The summed E-state index contributed by atoms with van der Waals surface area (Å²) in [6, 6.07) is 13.5. The second-order valence-corrected chi connectivity index (χ2v) is 6.68. The summed E-state index contributed by atoms with van der Waals surface area (Å²) >= 11 is 0. The van der Waals surface area contributed by atoms with E-state index < -0.39 is 10.8 Å². The molecular formula is C19H21N3O4. The number of amides is 1. The molecule has 0 aromatic heterocycles. The lowest BCUT2D eigenvalue weighted by molar-refractivity contribution is -0.384. The Balaban J connectivity index is 1.92. The lowest BCUT2D eigenvalue weighted by Crippen LogP contribution is -2.25. The predicted molar refractivity (Wildman–Crippen MR) is 99.5 cm³/mol. The van der Waals surface area contributed by atoms with Crippen LogP contribution in [0.2, 0.25) is 0 Å². The molecule has 26 heavy (non-hydrogen) atoms. The van der Waals surface area contributed by atoms with Crippen LogP contribution < -0.4 is 10.2 Å². The van der Waals surface area contributed by atoms with E-state index in [9.17, 15) is 14.9 Å². The number of hydrazone groups is 1. The van der Waals surface area contributed by atoms with Crippen molar-refractivity contribution in [3.8, 4) is 5.75 Å². The fourth-order valence-electron chi connectivity index (χ4n) is 2.29. The summed E-state index contributed by atoms with van der Waals surface area (Å²) in [6.45, 7) is 6.02. The number of benzene rings is 2. The Morgan fingerprint density at radius 3 is 2.65 bits per heavy atom. The van der Waals surface area contributed by atoms with Crippen LogP contribution in [0, 0.1) is 10.1 Å². The molecule has 0 spiro atoms. The molecule has 2 aromatic rings. The number of carbonyl (C=O) groups is 1. The van der Waals surface area contributed by atoms with Gasteiger partial charge in [0.1, 0.15) is 5.75 Å². The average Bonchev–Trinajstić information content (AvgIpc) is 2.59. The van der Waals surface area contributed by atoms with E-state index >= 15 is 0 Å². The Labute approximate surface area is 151 Å². The van der Waals surface area contributed by atoms with Crippen molar-refractivity contribution in [2.24, 2.45) is 5.10 Å². The Morgan fingerprint density at radius 2 is 1.96 bits per heavy atom. The molecule has 0 bridgehead atoms. The minimum atomic E-state index is -0.490. The van der Waals surface area contributed by atoms with Crippen molar-refractivity contribution < 1.29 is 14.5 Å². The molecule has 1 N–H and O–H groups in total. The largest absolute Gasteiger partial charge is 0.483 e. The number of nitro benzene ring substituents is 1. The Hall–Kier alpha value is -3.22. The van der Waals surface area contributed by atoms with Crippen LogP contribution in [0.4, 0.5) is 5.69 Å². The van der Waals surface area contributed by atoms with E-state index in [2.05, 4.69) is 31.3 Å². The minimum Gasteiger partial charge on any atom is -0.483 e. The molecule has 0 heterocycles. The van der Waals surface area contributed by atoms with Gasteiger partial charge in [0.15, 0.2) is 6.61 Å². The number of non-ortho nitro benzene ring substituents is 1. The number of nitro groups is 1. The number of hydrogen-bond donors (Lipinski definition) is 1. The van der Waals surface area contributed by atoms with Crippen molar-refractivity contribution in [3.63, 3.8) is 0 Å². The summed E-state index contributed by atoms with van der Waals surface area (Å²) in [5, 5.41) is 14.5. The van der Waals surface area contributed by atoms with Crippen molar-refractivity contribution in [2.75, 3.05) is 6.61 Å². The third-order valence-electron chi connectivity index (χ3n) is 3.54. The van der Waals surface area contributed by atoms with Crippen molar-refractivity contribution in [2.45, 2.75) is 26.2 Å². The van der Waals surface area contributed by atoms with E-state index in [4.69, 9.17) is 4.74 Å². The quantitative estimate of drug-likeness (QED) is 0.488. The molecule has 1 amide bonds. The van der Waals surface area contributed by atoms with Crippen LogP contribution in [0.15, 0.2) is 53.6 Å². The van der Waals surface area contributed by atoms with Gasteiger partial charge in [-0.15, -0.1) is 0 Å². The number of rotatable bonds is 6. The highest BCUT2D eigenvalue weighted by molar-refractivity contribution is 5.83. The first-order chi connectivity index (χ1) is 12.3. The monoisotopic (exact) mass is 355 g/mol. The van der Waals surface area contributed by atoms with E-state index in [1.807, 2.05) is 24.3 Å². The molecule has 0 aliphatic rings. The fraction of sp³-hybridized carbons (Fsp3) is 0.263. The summed E-state index contributed by atoms with van der Waals surface area (Å²) in [7, 11) is 0. The SMILES string of the molecule is CC(C)(C)c1ccccc1OCC(=O)NN=Cc1cccc([N+](=O)[O-])c1. The highest BCUT2D eigenvalue weighted by Gasteiger charge is 2.18. The van der Waals surface area contributed by atoms with Crippen LogP contribution in [-0.2, 0) is 10.2 Å². The maximum absolute atomic E-state index is 11.9. The maximum atomic E-state index is 11.9. The van der Waals surface area contributed by atoms with Crippen molar-refractivity contribution in [3.05, 3.63) is 69.8 Å². The Bertz CT molecular complexity index is 826. The molecule has 7 heteroatoms. The zero-order valence-corrected chi connectivity index (χ0v) is 14.9. The zero-order chi connectivity index (χ0) is 19.2. The highest BCUT2D eigenvalue weighted by atomic mass is 16.6. The predicted octanol–water partition coefficient (Wildman–Crippen LogP) is 3.42. The van der Waals surface area contributed by atoms with Crippen molar-refractivity contribution >= 4 is 17.8 Å². The molecule has 0 saturated heterocycles. The average molecular weight is 355 g/mol. The molecule has 0 saturated carbocycles. The number of hydrogen-bond acceptors (Lipinski definition) is 5. The number of nitrogens with zero attached hydrogens (tertiary/aromatic N) is 2. The first-order valence-corrected chi connectivity index (χ1v) is 8.06. The summed E-state index contributed by atoms with van der Waals surface area (Å²) in [4.78, 5) is 22.1. The first kappa shape index (κ1) is 19.1. The zero-order valence-electron chi connectivity index (χ0n) is 14.9. The summed E-state index contributed by atoms with van der Waals surface area (Å²) in [6.07, 6.45) is 1.34. The number of nitrogens with one attached hydrogen (secondary N) is 1. The summed E-state index contributed by atoms with van der Waals surface area (Å²) < 4.78 is 5.60. The molecule has 0 atom stereocenters.